The van der Waals surface area contributed by atoms with Crippen LogP contribution in [0.1, 0.15) is 11.3 Å². The zero-order chi connectivity index (χ0) is 13.9. The Labute approximate surface area is 116 Å². The summed E-state index contributed by atoms with van der Waals surface area (Å²) in [5.74, 6) is 1.35. The Kier molecular flexibility index (Phi) is 3.25. The second-order valence-electron chi connectivity index (χ2n) is 4.55. The molecule has 0 N–H and O–H groups in total. The normalized spacial score (nSPS) is 10.7. The molecule has 0 radical (unpaired) electrons. The van der Waals surface area contributed by atoms with Crippen molar-refractivity contribution in [3.05, 3.63) is 53.9 Å². The van der Waals surface area contributed by atoms with Crippen LogP contribution in [-0.2, 0) is 13.7 Å². The molecule has 20 heavy (non-hydrogen) atoms. The van der Waals surface area contributed by atoms with Crippen LogP contribution in [0.5, 0.6) is 5.88 Å². The van der Waals surface area contributed by atoms with Crippen molar-refractivity contribution in [2.24, 2.45) is 7.05 Å². The van der Waals surface area contributed by atoms with Gasteiger partial charge in [0.1, 0.15) is 18.1 Å². The van der Waals surface area contributed by atoms with Crippen LogP contribution in [-0.4, -0.2) is 14.9 Å². The monoisotopic (exact) mass is 269 g/mol. The highest BCUT2D eigenvalue weighted by Gasteiger charge is 2.15. The summed E-state index contributed by atoms with van der Waals surface area (Å²) >= 11 is 0. The Morgan fingerprint density at radius 2 is 2.00 bits per heavy atom. The third-order valence-electron chi connectivity index (χ3n) is 3.09. The SMILES string of the molecule is Cc1onc(-c2ccccc2)c1COc1ccn(C)n1. The average Bonchev–Trinajstić information content (AvgIpc) is 3.04. The molecule has 0 aliphatic carbocycles. The first kappa shape index (κ1) is 12.5. The highest BCUT2D eigenvalue weighted by atomic mass is 16.5. The molecule has 5 heteroatoms. The maximum Gasteiger partial charge on any atom is 0.233 e. The molecule has 0 aliphatic rings. The Hall–Kier alpha value is -2.56. The largest absolute Gasteiger partial charge is 0.472 e. The zero-order valence-electron chi connectivity index (χ0n) is 11.4. The summed E-state index contributed by atoms with van der Waals surface area (Å²) in [4.78, 5) is 0. The first-order chi connectivity index (χ1) is 9.74. The zero-order valence-corrected chi connectivity index (χ0v) is 11.4. The molecular weight excluding hydrogens is 254 g/mol. The molecule has 0 bridgehead atoms. The van der Waals surface area contributed by atoms with Gasteiger partial charge >= 0.3 is 0 Å². The molecule has 0 saturated carbocycles. The molecule has 0 fully saturated rings. The van der Waals surface area contributed by atoms with Crippen LogP contribution in [0.25, 0.3) is 11.3 Å². The summed E-state index contributed by atoms with van der Waals surface area (Å²) in [5.41, 5.74) is 2.78. The van der Waals surface area contributed by atoms with E-state index in [1.807, 2.05) is 56.6 Å². The number of benzene rings is 1. The molecule has 5 nitrogen and oxygen atoms in total. The molecule has 0 aliphatic heterocycles. The van der Waals surface area contributed by atoms with E-state index in [0.29, 0.717) is 12.5 Å². The molecule has 3 rings (SSSR count). The van der Waals surface area contributed by atoms with Gasteiger partial charge < -0.3 is 9.26 Å². The van der Waals surface area contributed by atoms with E-state index in [9.17, 15) is 0 Å². The van der Waals surface area contributed by atoms with Crippen molar-refractivity contribution in [2.75, 3.05) is 0 Å². The lowest BCUT2D eigenvalue weighted by atomic mass is 10.1. The first-order valence-corrected chi connectivity index (χ1v) is 6.37. The van der Waals surface area contributed by atoms with Gasteiger partial charge in [0.05, 0.1) is 5.56 Å². The van der Waals surface area contributed by atoms with E-state index in [1.54, 1.807) is 4.68 Å². The van der Waals surface area contributed by atoms with E-state index >= 15 is 0 Å². The predicted octanol–water partition coefficient (Wildman–Crippen LogP) is 2.96. The second-order valence-corrected chi connectivity index (χ2v) is 4.55. The number of rotatable bonds is 4. The van der Waals surface area contributed by atoms with Crippen LogP contribution in [0, 0.1) is 6.92 Å². The molecule has 102 valence electrons. The lowest BCUT2D eigenvalue weighted by molar-refractivity contribution is 0.287. The minimum Gasteiger partial charge on any atom is -0.472 e. The lowest BCUT2D eigenvalue weighted by Gasteiger charge is -2.04. The highest BCUT2D eigenvalue weighted by molar-refractivity contribution is 5.63. The fourth-order valence-corrected chi connectivity index (χ4v) is 2.00. The fourth-order valence-electron chi connectivity index (χ4n) is 2.00. The van der Waals surface area contributed by atoms with Gasteiger partial charge in [0.25, 0.3) is 0 Å². The lowest BCUT2D eigenvalue weighted by Crippen LogP contribution is -1.99. The molecule has 0 atom stereocenters. The van der Waals surface area contributed by atoms with Crippen molar-refractivity contribution < 1.29 is 9.26 Å². The summed E-state index contributed by atoms with van der Waals surface area (Å²) in [6.45, 7) is 2.27. The number of aryl methyl sites for hydroxylation is 2. The van der Waals surface area contributed by atoms with Crippen molar-refractivity contribution >= 4 is 0 Å². The molecule has 0 unspecified atom stereocenters. The fraction of sp³-hybridized carbons (Fsp3) is 0.200. The van der Waals surface area contributed by atoms with Gasteiger partial charge in [-0.15, -0.1) is 5.10 Å². The van der Waals surface area contributed by atoms with E-state index in [1.165, 1.54) is 0 Å². The third kappa shape index (κ3) is 2.42. The second kappa shape index (κ2) is 5.21. The first-order valence-electron chi connectivity index (χ1n) is 6.37. The van der Waals surface area contributed by atoms with E-state index in [4.69, 9.17) is 9.26 Å². The van der Waals surface area contributed by atoms with Crippen molar-refractivity contribution in [2.45, 2.75) is 13.5 Å². The molecule has 1 aromatic carbocycles. The summed E-state index contributed by atoms with van der Waals surface area (Å²) < 4.78 is 12.7. The van der Waals surface area contributed by atoms with Crippen molar-refractivity contribution in [1.82, 2.24) is 14.9 Å². The van der Waals surface area contributed by atoms with Crippen molar-refractivity contribution in [3.8, 4) is 17.1 Å². The maximum atomic E-state index is 5.68. The molecule has 3 aromatic rings. The average molecular weight is 269 g/mol. The Balaban J connectivity index is 1.84. The topological polar surface area (TPSA) is 53.1 Å². The molecule has 2 aromatic heterocycles. The minimum atomic E-state index is 0.385. The Morgan fingerprint density at radius 1 is 1.20 bits per heavy atom. The Bertz CT molecular complexity index is 701. The summed E-state index contributed by atoms with van der Waals surface area (Å²) in [7, 11) is 1.85. The van der Waals surface area contributed by atoms with E-state index < -0.39 is 0 Å². The predicted molar refractivity (Wildman–Crippen MR) is 74.2 cm³/mol. The highest BCUT2D eigenvalue weighted by Crippen LogP contribution is 2.25. The molecular formula is C15H15N3O2. The molecule has 0 saturated heterocycles. The van der Waals surface area contributed by atoms with Crippen LogP contribution >= 0.6 is 0 Å². The summed E-state index contributed by atoms with van der Waals surface area (Å²) in [6.07, 6.45) is 1.84. The van der Waals surface area contributed by atoms with E-state index in [2.05, 4.69) is 10.3 Å². The van der Waals surface area contributed by atoms with Gasteiger partial charge in [-0.1, -0.05) is 35.5 Å². The van der Waals surface area contributed by atoms with Gasteiger partial charge in [-0.2, -0.15) is 0 Å². The number of aromatic nitrogens is 3. The number of hydrogen-bond donors (Lipinski definition) is 0. The molecule has 2 heterocycles. The summed E-state index contributed by atoms with van der Waals surface area (Å²) in [5, 5.41) is 8.31. The van der Waals surface area contributed by atoms with Crippen molar-refractivity contribution in [1.29, 1.82) is 0 Å². The maximum absolute atomic E-state index is 5.68. The number of hydrogen-bond acceptors (Lipinski definition) is 4. The van der Waals surface area contributed by atoms with E-state index in [-0.39, 0.29) is 0 Å². The van der Waals surface area contributed by atoms with Gasteiger partial charge in [0, 0.05) is 24.9 Å². The standard InChI is InChI=1S/C15H15N3O2/c1-11-13(10-19-14-8-9-18(2)16-14)15(17-20-11)12-6-4-3-5-7-12/h3-9H,10H2,1-2H3. The van der Waals surface area contributed by atoms with E-state index in [0.717, 1.165) is 22.6 Å². The van der Waals surface area contributed by atoms with Gasteiger partial charge in [0.2, 0.25) is 5.88 Å². The van der Waals surface area contributed by atoms with Gasteiger partial charge in [-0.3, -0.25) is 4.68 Å². The van der Waals surface area contributed by atoms with Crippen LogP contribution in [0.2, 0.25) is 0 Å². The number of nitrogens with zero attached hydrogens (tertiary/aromatic N) is 3. The van der Waals surface area contributed by atoms with Crippen molar-refractivity contribution in [3.63, 3.8) is 0 Å². The molecule has 0 spiro atoms. The molecule has 0 amide bonds. The third-order valence-corrected chi connectivity index (χ3v) is 3.09. The van der Waals surface area contributed by atoms with Gasteiger partial charge in [0.15, 0.2) is 0 Å². The van der Waals surface area contributed by atoms with Crippen LogP contribution in [0.15, 0.2) is 47.1 Å². The smallest absolute Gasteiger partial charge is 0.233 e. The summed E-state index contributed by atoms with van der Waals surface area (Å²) in [6, 6.07) is 11.8. The van der Waals surface area contributed by atoms with Crippen LogP contribution in [0.3, 0.4) is 0 Å². The van der Waals surface area contributed by atoms with Gasteiger partial charge in [-0.05, 0) is 6.92 Å². The quantitative estimate of drug-likeness (QED) is 0.730. The van der Waals surface area contributed by atoms with Crippen LogP contribution < -0.4 is 4.74 Å². The van der Waals surface area contributed by atoms with Gasteiger partial charge in [-0.25, -0.2) is 0 Å². The van der Waals surface area contributed by atoms with Crippen LogP contribution in [0.4, 0.5) is 0 Å². The minimum absolute atomic E-state index is 0.385. The number of ether oxygens (including phenoxy) is 1. The Morgan fingerprint density at radius 3 is 2.70 bits per heavy atom.